The predicted octanol–water partition coefficient (Wildman–Crippen LogP) is 5.58. The van der Waals surface area contributed by atoms with Crippen molar-refractivity contribution in [1.82, 2.24) is 19.9 Å². The Hall–Kier alpha value is -3.82. The van der Waals surface area contributed by atoms with Crippen LogP contribution in [-0.4, -0.2) is 33.3 Å². The van der Waals surface area contributed by atoms with E-state index in [1.165, 1.54) is 18.3 Å². The van der Waals surface area contributed by atoms with Crippen molar-refractivity contribution >= 4 is 47.0 Å². The fourth-order valence-electron chi connectivity index (χ4n) is 2.74. The van der Waals surface area contributed by atoms with Crippen LogP contribution in [0.3, 0.4) is 0 Å². The summed E-state index contributed by atoms with van der Waals surface area (Å²) >= 11 is 12.0. The van der Waals surface area contributed by atoms with Gasteiger partial charge in [0.15, 0.2) is 5.82 Å². The van der Waals surface area contributed by atoms with Crippen LogP contribution in [0.5, 0.6) is 5.75 Å². The zero-order chi connectivity index (χ0) is 23.2. The van der Waals surface area contributed by atoms with Gasteiger partial charge in [0.25, 0.3) is 0 Å². The van der Waals surface area contributed by atoms with Crippen molar-refractivity contribution in [2.24, 2.45) is 5.10 Å². The number of nitrogens with one attached hydrogen (secondary N) is 2. The third kappa shape index (κ3) is 5.71. The molecule has 4 rings (SSSR count). The first-order valence-corrected chi connectivity index (χ1v) is 10.3. The average Bonchev–Trinajstić information content (AvgIpc) is 2.81. The Bertz CT molecular complexity index is 1260. The third-order valence-electron chi connectivity index (χ3n) is 4.30. The van der Waals surface area contributed by atoms with Gasteiger partial charge >= 0.3 is 0 Å². The molecule has 2 aromatic carbocycles. The van der Waals surface area contributed by atoms with Crippen molar-refractivity contribution in [3.63, 3.8) is 0 Å². The molecular weight excluding hydrogens is 468 g/mol. The van der Waals surface area contributed by atoms with Gasteiger partial charge in [0.05, 0.1) is 35.8 Å². The van der Waals surface area contributed by atoms with E-state index in [2.05, 4.69) is 35.8 Å². The van der Waals surface area contributed by atoms with Gasteiger partial charge in [0.2, 0.25) is 11.9 Å². The van der Waals surface area contributed by atoms with Gasteiger partial charge in [0.1, 0.15) is 16.7 Å². The highest BCUT2D eigenvalue weighted by molar-refractivity contribution is 6.33. The number of methoxy groups -OCH3 is 1. The number of pyridine rings is 1. The van der Waals surface area contributed by atoms with Crippen molar-refractivity contribution in [1.29, 1.82) is 0 Å². The van der Waals surface area contributed by atoms with Gasteiger partial charge in [0, 0.05) is 0 Å². The lowest BCUT2D eigenvalue weighted by Crippen LogP contribution is -2.06. The van der Waals surface area contributed by atoms with Crippen LogP contribution in [0, 0.1) is 5.82 Å². The molecule has 0 saturated carbocycles. The number of halogens is 3. The molecule has 0 unspecified atom stereocenters. The summed E-state index contributed by atoms with van der Waals surface area (Å²) in [6.07, 6.45) is 3.09. The summed E-state index contributed by atoms with van der Waals surface area (Å²) in [5.74, 6) is 0.399. The number of hydrogen-bond acceptors (Lipinski definition) is 8. The van der Waals surface area contributed by atoms with E-state index in [-0.39, 0.29) is 28.3 Å². The van der Waals surface area contributed by atoms with Gasteiger partial charge in [-0.3, -0.25) is 0 Å². The SMILES string of the molecule is COc1ccc(C=NNc2nc(Nc3ccc(Cl)nc3)nc(-c3c(F)cccc3Cl)n2)cc1. The summed E-state index contributed by atoms with van der Waals surface area (Å²) < 4.78 is 19.7. The number of benzene rings is 2. The molecule has 0 aliphatic heterocycles. The minimum absolute atomic E-state index is 0.0275. The number of hydrazone groups is 1. The maximum atomic E-state index is 14.5. The van der Waals surface area contributed by atoms with Crippen LogP contribution in [0.1, 0.15) is 5.56 Å². The molecule has 0 radical (unpaired) electrons. The van der Waals surface area contributed by atoms with Crippen LogP contribution in [0.2, 0.25) is 10.2 Å². The number of anilines is 3. The highest BCUT2D eigenvalue weighted by atomic mass is 35.5. The van der Waals surface area contributed by atoms with Gasteiger partial charge in [-0.15, -0.1) is 0 Å². The number of rotatable bonds is 7. The Morgan fingerprint density at radius 3 is 2.45 bits per heavy atom. The summed E-state index contributed by atoms with van der Waals surface area (Å²) in [4.78, 5) is 16.9. The normalized spacial score (nSPS) is 10.9. The lowest BCUT2D eigenvalue weighted by atomic mass is 10.2. The van der Waals surface area contributed by atoms with Crippen LogP contribution in [0.25, 0.3) is 11.4 Å². The number of ether oxygens (including phenoxy) is 1. The maximum Gasteiger partial charge on any atom is 0.248 e. The summed E-state index contributed by atoms with van der Waals surface area (Å²) in [6.45, 7) is 0. The Morgan fingerprint density at radius 2 is 1.76 bits per heavy atom. The molecule has 2 N–H and O–H groups in total. The average molecular weight is 484 g/mol. The molecule has 0 bridgehead atoms. The van der Waals surface area contributed by atoms with Crippen molar-refractivity contribution in [3.8, 4) is 17.1 Å². The monoisotopic (exact) mass is 483 g/mol. The first-order chi connectivity index (χ1) is 16.0. The molecule has 2 heterocycles. The summed E-state index contributed by atoms with van der Waals surface area (Å²) in [5, 5.41) is 7.64. The summed E-state index contributed by atoms with van der Waals surface area (Å²) in [7, 11) is 1.59. The minimum Gasteiger partial charge on any atom is -0.497 e. The highest BCUT2D eigenvalue weighted by Crippen LogP contribution is 2.29. The van der Waals surface area contributed by atoms with Crippen LogP contribution in [0.4, 0.5) is 22.0 Å². The topological polar surface area (TPSA) is 97.2 Å². The molecule has 0 atom stereocenters. The molecule has 166 valence electrons. The number of nitrogens with zero attached hydrogens (tertiary/aromatic N) is 5. The van der Waals surface area contributed by atoms with E-state index in [9.17, 15) is 4.39 Å². The molecule has 33 heavy (non-hydrogen) atoms. The second-order valence-electron chi connectivity index (χ2n) is 6.54. The van der Waals surface area contributed by atoms with Crippen LogP contribution in [-0.2, 0) is 0 Å². The molecule has 0 aliphatic rings. The van der Waals surface area contributed by atoms with E-state index < -0.39 is 5.82 Å². The van der Waals surface area contributed by atoms with E-state index >= 15 is 0 Å². The zero-order valence-corrected chi connectivity index (χ0v) is 18.6. The third-order valence-corrected chi connectivity index (χ3v) is 4.84. The van der Waals surface area contributed by atoms with Gasteiger partial charge in [-0.1, -0.05) is 29.3 Å². The van der Waals surface area contributed by atoms with E-state index in [1.54, 1.807) is 31.5 Å². The second kappa shape index (κ2) is 10.2. The molecule has 0 spiro atoms. The quantitative estimate of drug-likeness (QED) is 0.201. The Labute approximate surface area is 198 Å². The fourth-order valence-corrected chi connectivity index (χ4v) is 3.10. The van der Waals surface area contributed by atoms with E-state index in [0.29, 0.717) is 10.8 Å². The van der Waals surface area contributed by atoms with Gasteiger partial charge in [-0.2, -0.15) is 20.1 Å². The zero-order valence-electron chi connectivity index (χ0n) is 17.1. The summed E-state index contributed by atoms with van der Waals surface area (Å²) in [6, 6.07) is 14.9. The molecule has 2 aromatic heterocycles. The predicted molar refractivity (Wildman–Crippen MR) is 127 cm³/mol. The minimum atomic E-state index is -0.569. The van der Waals surface area contributed by atoms with E-state index in [4.69, 9.17) is 27.9 Å². The van der Waals surface area contributed by atoms with E-state index in [0.717, 1.165) is 11.3 Å². The number of aromatic nitrogens is 4. The molecule has 0 fully saturated rings. The maximum absolute atomic E-state index is 14.5. The Morgan fingerprint density at radius 1 is 0.970 bits per heavy atom. The highest BCUT2D eigenvalue weighted by Gasteiger charge is 2.16. The van der Waals surface area contributed by atoms with E-state index in [1.807, 2.05) is 24.3 Å². The van der Waals surface area contributed by atoms with Gasteiger partial charge < -0.3 is 10.1 Å². The van der Waals surface area contributed by atoms with Crippen LogP contribution >= 0.6 is 23.2 Å². The first kappa shape index (κ1) is 22.4. The van der Waals surface area contributed by atoms with Crippen molar-refractivity contribution in [2.75, 3.05) is 17.9 Å². The Balaban J connectivity index is 1.65. The van der Waals surface area contributed by atoms with Crippen molar-refractivity contribution < 1.29 is 9.13 Å². The van der Waals surface area contributed by atoms with Crippen molar-refractivity contribution in [2.45, 2.75) is 0 Å². The molecule has 4 aromatic rings. The fraction of sp³-hybridized carbons (Fsp3) is 0.0455. The van der Waals surface area contributed by atoms with Gasteiger partial charge in [-0.05, 0) is 54.1 Å². The smallest absolute Gasteiger partial charge is 0.248 e. The molecule has 8 nitrogen and oxygen atoms in total. The molecule has 11 heteroatoms. The van der Waals surface area contributed by atoms with Crippen molar-refractivity contribution in [3.05, 3.63) is 82.4 Å². The Kier molecular flexibility index (Phi) is 6.92. The lowest BCUT2D eigenvalue weighted by Gasteiger charge is -2.10. The van der Waals surface area contributed by atoms with Crippen LogP contribution < -0.4 is 15.5 Å². The van der Waals surface area contributed by atoms with Crippen LogP contribution in [0.15, 0.2) is 65.9 Å². The summed E-state index contributed by atoms with van der Waals surface area (Å²) in [5.41, 5.74) is 4.18. The molecule has 0 aliphatic carbocycles. The standard InChI is InChI=1S/C22H16Cl2FN7O/c1-33-15-8-5-13(6-9-15)11-27-32-22-30-20(19-16(23)3-2-4-17(19)25)29-21(31-22)28-14-7-10-18(24)26-12-14/h2-12H,1H3,(H2,28,29,30,31,32). The lowest BCUT2D eigenvalue weighted by molar-refractivity contribution is 0.415. The second-order valence-corrected chi connectivity index (χ2v) is 7.34. The molecule has 0 amide bonds. The largest absolute Gasteiger partial charge is 0.497 e. The first-order valence-electron chi connectivity index (χ1n) is 9.54. The molecule has 0 saturated heterocycles. The number of hydrogen-bond donors (Lipinski definition) is 2. The molecular formula is C22H16Cl2FN7O. The van der Waals surface area contributed by atoms with Gasteiger partial charge in [-0.25, -0.2) is 14.8 Å².